The fourth-order valence-corrected chi connectivity index (χ4v) is 5.56. The van der Waals surface area contributed by atoms with Crippen molar-refractivity contribution in [3.63, 3.8) is 0 Å². The third kappa shape index (κ3) is 1.70. The van der Waals surface area contributed by atoms with Crippen molar-refractivity contribution in [2.45, 2.75) is 63.5 Å². The lowest BCUT2D eigenvalue weighted by Gasteiger charge is -2.28. The van der Waals surface area contributed by atoms with E-state index in [0.29, 0.717) is 11.9 Å². The van der Waals surface area contributed by atoms with Gasteiger partial charge in [0.25, 0.3) is 0 Å². The fraction of sp³-hybridized carbons (Fsp3) is 0.938. The lowest BCUT2D eigenvalue weighted by atomic mass is 9.90. The van der Waals surface area contributed by atoms with Gasteiger partial charge in [-0.15, -0.1) is 0 Å². The van der Waals surface area contributed by atoms with Crippen molar-refractivity contribution in [1.82, 2.24) is 10.6 Å². The van der Waals surface area contributed by atoms with Gasteiger partial charge in [-0.05, 0) is 68.7 Å². The first kappa shape index (κ1) is 12.2. The fourth-order valence-electron chi connectivity index (χ4n) is 5.56. The van der Waals surface area contributed by atoms with E-state index in [1.807, 2.05) is 0 Å². The van der Waals surface area contributed by atoms with E-state index >= 15 is 0 Å². The summed E-state index contributed by atoms with van der Waals surface area (Å²) >= 11 is 0. The van der Waals surface area contributed by atoms with Crippen molar-refractivity contribution >= 4 is 5.91 Å². The highest BCUT2D eigenvalue weighted by molar-refractivity contribution is 5.87. The van der Waals surface area contributed by atoms with Crippen LogP contribution in [-0.4, -0.2) is 24.0 Å². The molecule has 4 aliphatic rings. The molecule has 0 spiro atoms. The summed E-state index contributed by atoms with van der Waals surface area (Å²) in [5, 5.41) is 6.92. The summed E-state index contributed by atoms with van der Waals surface area (Å²) in [5.41, 5.74) is -0.231. The van der Waals surface area contributed by atoms with Gasteiger partial charge in [-0.1, -0.05) is 13.3 Å². The SMILES string of the molecule is CCCC1(C(=O)NC2C3C4CCC(C4)C23)CCCN1. The van der Waals surface area contributed by atoms with Gasteiger partial charge in [0.15, 0.2) is 0 Å². The third-order valence-corrected chi connectivity index (χ3v) is 6.39. The van der Waals surface area contributed by atoms with Crippen LogP contribution in [0.1, 0.15) is 51.9 Å². The van der Waals surface area contributed by atoms with Crippen molar-refractivity contribution < 1.29 is 4.79 Å². The molecule has 106 valence electrons. The van der Waals surface area contributed by atoms with Gasteiger partial charge in [-0.25, -0.2) is 0 Å². The molecule has 2 bridgehead atoms. The molecular weight excluding hydrogens is 236 g/mol. The molecule has 3 nitrogen and oxygen atoms in total. The molecule has 4 fully saturated rings. The Bertz CT molecular complexity index is 372. The second kappa shape index (κ2) is 4.21. The minimum Gasteiger partial charge on any atom is -0.351 e. The number of fused-ring (bicyclic) bond motifs is 5. The van der Waals surface area contributed by atoms with Crippen molar-refractivity contribution in [1.29, 1.82) is 0 Å². The molecular formula is C16H26N2O. The van der Waals surface area contributed by atoms with E-state index in [-0.39, 0.29) is 5.54 Å². The minimum absolute atomic E-state index is 0.231. The molecule has 1 aliphatic heterocycles. The van der Waals surface area contributed by atoms with Gasteiger partial charge >= 0.3 is 0 Å². The molecule has 1 amide bonds. The van der Waals surface area contributed by atoms with Crippen LogP contribution in [0.15, 0.2) is 0 Å². The Labute approximate surface area is 115 Å². The van der Waals surface area contributed by atoms with E-state index in [9.17, 15) is 4.79 Å². The zero-order valence-corrected chi connectivity index (χ0v) is 12.0. The molecule has 4 rings (SSSR count). The van der Waals surface area contributed by atoms with Gasteiger partial charge in [-0.3, -0.25) is 4.79 Å². The predicted octanol–water partition coefficient (Wildman–Crippen LogP) is 2.07. The van der Waals surface area contributed by atoms with E-state index in [1.165, 1.54) is 19.3 Å². The highest BCUT2D eigenvalue weighted by Crippen LogP contribution is 2.65. The monoisotopic (exact) mass is 262 g/mol. The van der Waals surface area contributed by atoms with E-state index in [0.717, 1.165) is 55.9 Å². The second-order valence-corrected chi connectivity index (χ2v) is 7.35. The average molecular weight is 262 g/mol. The lowest BCUT2D eigenvalue weighted by molar-refractivity contribution is -0.127. The maximum Gasteiger partial charge on any atom is 0.240 e. The van der Waals surface area contributed by atoms with Crippen LogP contribution in [-0.2, 0) is 4.79 Å². The summed E-state index contributed by atoms with van der Waals surface area (Å²) in [5.74, 6) is 3.90. The van der Waals surface area contributed by atoms with Gasteiger partial charge in [-0.2, -0.15) is 0 Å². The van der Waals surface area contributed by atoms with Gasteiger partial charge < -0.3 is 10.6 Å². The maximum absolute atomic E-state index is 12.7. The number of hydrogen-bond acceptors (Lipinski definition) is 2. The Kier molecular flexibility index (Phi) is 2.70. The Balaban J connectivity index is 1.42. The Morgan fingerprint density at radius 1 is 1.32 bits per heavy atom. The van der Waals surface area contributed by atoms with E-state index in [4.69, 9.17) is 0 Å². The number of nitrogens with one attached hydrogen (secondary N) is 2. The molecule has 0 aromatic rings. The molecule has 3 heteroatoms. The highest BCUT2D eigenvalue weighted by atomic mass is 16.2. The summed E-state index contributed by atoms with van der Waals surface area (Å²) < 4.78 is 0. The van der Waals surface area contributed by atoms with E-state index < -0.39 is 0 Å². The summed E-state index contributed by atoms with van der Waals surface area (Å²) in [6.45, 7) is 3.19. The first-order chi connectivity index (χ1) is 9.25. The van der Waals surface area contributed by atoms with Crippen LogP contribution in [0.25, 0.3) is 0 Å². The Morgan fingerprint density at radius 3 is 2.63 bits per heavy atom. The predicted molar refractivity (Wildman–Crippen MR) is 74.6 cm³/mol. The highest BCUT2D eigenvalue weighted by Gasteiger charge is 2.65. The summed E-state index contributed by atoms with van der Waals surface area (Å²) in [4.78, 5) is 12.7. The van der Waals surface area contributed by atoms with Crippen molar-refractivity contribution in [3.05, 3.63) is 0 Å². The van der Waals surface area contributed by atoms with Crippen molar-refractivity contribution in [2.24, 2.45) is 23.7 Å². The molecule has 1 heterocycles. The maximum atomic E-state index is 12.7. The van der Waals surface area contributed by atoms with Gasteiger partial charge in [0.05, 0.1) is 5.54 Å². The standard InChI is InChI=1S/C16H26N2O/c1-2-6-16(7-3-8-17-16)15(19)18-14-12-10-4-5-11(9-10)13(12)14/h10-14,17H,2-9H2,1H3,(H,18,19). The first-order valence-electron chi connectivity index (χ1n) is 8.31. The number of rotatable bonds is 4. The summed E-state index contributed by atoms with van der Waals surface area (Å²) in [6.07, 6.45) is 8.57. The van der Waals surface area contributed by atoms with E-state index in [2.05, 4.69) is 17.6 Å². The van der Waals surface area contributed by atoms with Crippen LogP contribution in [0, 0.1) is 23.7 Å². The molecule has 3 saturated carbocycles. The Hall–Kier alpha value is -0.570. The lowest BCUT2D eigenvalue weighted by Crippen LogP contribution is -2.54. The number of carbonyl (C=O) groups excluding carboxylic acids is 1. The molecule has 0 aromatic heterocycles. The van der Waals surface area contributed by atoms with Gasteiger partial charge in [0.2, 0.25) is 5.91 Å². The number of amides is 1. The van der Waals surface area contributed by atoms with Crippen LogP contribution >= 0.6 is 0 Å². The summed E-state index contributed by atoms with van der Waals surface area (Å²) in [6, 6.07) is 0.537. The van der Waals surface area contributed by atoms with Gasteiger partial charge in [0.1, 0.15) is 0 Å². The molecule has 5 atom stereocenters. The van der Waals surface area contributed by atoms with Crippen molar-refractivity contribution in [2.75, 3.05) is 6.54 Å². The van der Waals surface area contributed by atoms with Crippen LogP contribution < -0.4 is 10.6 Å². The molecule has 2 N–H and O–H groups in total. The number of carbonyl (C=O) groups is 1. The number of hydrogen-bond donors (Lipinski definition) is 2. The zero-order valence-electron chi connectivity index (χ0n) is 12.0. The molecule has 0 aromatic carbocycles. The van der Waals surface area contributed by atoms with Crippen LogP contribution in [0.4, 0.5) is 0 Å². The molecule has 1 saturated heterocycles. The second-order valence-electron chi connectivity index (χ2n) is 7.35. The minimum atomic E-state index is -0.231. The smallest absolute Gasteiger partial charge is 0.240 e. The topological polar surface area (TPSA) is 41.1 Å². The quantitative estimate of drug-likeness (QED) is 0.814. The molecule has 0 radical (unpaired) electrons. The molecule has 19 heavy (non-hydrogen) atoms. The van der Waals surface area contributed by atoms with Gasteiger partial charge in [0, 0.05) is 6.04 Å². The van der Waals surface area contributed by atoms with Crippen molar-refractivity contribution in [3.8, 4) is 0 Å². The average Bonchev–Trinajstić information content (AvgIpc) is 2.84. The third-order valence-electron chi connectivity index (χ3n) is 6.39. The first-order valence-corrected chi connectivity index (χ1v) is 8.31. The molecule has 5 unspecified atom stereocenters. The van der Waals surface area contributed by atoms with E-state index in [1.54, 1.807) is 0 Å². The summed E-state index contributed by atoms with van der Waals surface area (Å²) in [7, 11) is 0. The Morgan fingerprint density at radius 2 is 2.05 bits per heavy atom. The van der Waals surface area contributed by atoms with Crippen LogP contribution in [0.2, 0.25) is 0 Å². The molecule has 3 aliphatic carbocycles. The van der Waals surface area contributed by atoms with Crippen LogP contribution in [0.5, 0.6) is 0 Å². The largest absolute Gasteiger partial charge is 0.351 e. The zero-order chi connectivity index (χ0) is 13.0. The normalized spacial score (nSPS) is 50.3. The van der Waals surface area contributed by atoms with Crippen LogP contribution in [0.3, 0.4) is 0 Å².